The van der Waals surface area contributed by atoms with Crippen molar-refractivity contribution >= 4 is 11.5 Å². The van der Waals surface area contributed by atoms with Gasteiger partial charge in [0.15, 0.2) is 5.78 Å². The van der Waals surface area contributed by atoms with E-state index in [-0.39, 0.29) is 5.41 Å². The van der Waals surface area contributed by atoms with Crippen molar-refractivity contribution in [3.05, 3.63) is 5.53 Å². The molecule has 1 spiro atoms. The number of hydrogen-bond acceptors (Lipinski definition) is 1. The third kappa shape index (κ3) is 1.15. The Morgan fingerprint density at radius 2 is 1.85 bits per heavy atom. The molecule has 0 unspecified atom stereocenters. The van der Waals surface area contributed by atoms with E-state index in [0.717, 1.165) is 31.4 Å². The van der Waals surface area contributed by atoms with Crippen LogP contribution in [0.15, 0.2) is 0 Å². The molecule has 13 heavy (non-hydrogen) atoms. The molecule has 3 nitrogen and oxygen atoms in total. The molecule has 0 bridgehead atoms. The van der Waals surface area contributed by atoms with Gasteiger partial charge >= 0.3 is 0 Å². The summed E-state index contributed by atoms with van der Waals surface area (Å²) in [6.07, 6.45) is 6.49. The number of carbonyl (C=O) groups is 1. The summed E-state index contributed by atoms with van der Waals surface area (Å²) in [5.74, 6) is 0.306. The molecule has 0 N–H and O–H groups in total. The number of hydrogen-bond donors (Lipinski definition) is 0. The van der Waals surface area contributed by atoms with Crippen LogP contribution in [-0.2, 0) is 4.79 Å². The number of rotatable bonds is 0. The molecule has 0 aromatic carbocycles. The summed E-state index contributed by atoms with van der Waals surface area (Å²) >= 11 is 0. The lowest BCUT2D eigenvalue weighted by atomic mass is 9.71. The van der Waals surface area contributed by atoms with Crippen molar-refractivity contribution < 1.29 is 9.58 Å². The molecule has 0 heterocycles. The standard InChI is InChI=1S/C10H14N2O/c11-12-8-4-5-9(13)10(8)6-2-1-3-7-10/h1-7H2. The van der Waals surface area contributed by atoms with Gasteiger partial charge in [-0.1, -0.05) is 19.3 Å². The van der Waals surface area contributed by atoms with Gasteiger partial charge in [-0.05, 0) is 12.8 Å². The molecule has 0 saturated heterocycles. The number of Topliss-reactive ketones (excluding diaryl/α,β-unsaturated/α-hetero) is 1. The predicted molar refractivity (Wildman–Crippen MR) is 48.4 cm³/mol. The highest BCUT2D eigenvalue weighted by molar-refractivity contribution is 6.13. The van der Waals surface area contributed by atoms with Crippen LogP contribution in [0.4, 0.5) is 0 Å². The minimum atomic E-state index is -0.340. The van der Waals surface area contributed by atoms with Crippen molar-refractivity contribution in [1.29, 1.82) is 0 Å². The van der Waals surface area contributed by atoms with Gasteiger partial charge in [-0.15, -0.1) is 0 Å². The molecule has 2 rings (SSSR count). The second-order valence-electron chi connectivity index (χ2n) is 4.11. The molecule has 70 valence electrons. The lowest BCUT2D eigenvalue weighted by Crippen LogP contribution is -2.35. The summed E-state index contributed by atoms with van der Waals surface area (Å²) in [6, 6.07) is 0. The van der Waals surface area contributed by atoms with E-state index in [9.17, 15) is 4.79 Å². The summed E-state index contributed by atoms with van der Waals surface area (Å²) in [7, 11) is 0. The van der Waals surface area contributed by atoms with Gasteiger partial charge in [-0.2, -0.15) is 4.79 Å². The number of ketones is 1. The maximum absolute atomic E-state index is 11.7. The van der Waals surface area contributed by atoms with Gasteiger partial charge in [0.2, 0.25) is 0 Å². The van der Waals surface area contributed by atoms with Crippen molar-refractivity contribution in [1.82, 2.24) is 0 Å². The first-order chi connectivity index (χ1) is 6.29. The quantitative estimate of drug-likeness (QED) is 0.413. The van der Waals surface area contributed by atoms with Crippen LogP contribution in [0.2, 0.25) is 0 Å². The van der Waals surface area contributed by atoms with Gasteiger partial charge in [0.05, 0.1) is 6.42 Å². The highest BCUT2D eigenvalue weighted by Crippen LogP contribution is 2.43. The van der Waals surface area contributed by atoms with Crippen LogP contribution in [0.5, 0.6) is 0 Å². The largest absolute Gasteiger partial charge is 0.362 e. The van der Waals surface area contributed by atoms with Gasteiger partial charge < -0.3 is 5.53 Å². The van der Waals surface area contributed by atoms with E-state index in [1.165, 1.54) is 6.42 Å². The van der Waals surface area contributed by atoms with Crippen LogP contribution >= 0.6 is 0 Å². The maximum atomic E-state index is 11.7. The van der Waals surface area contributed by atoms with Gasteiger partial charge in [-0.3, -0.25) is 4.79 Å². The third-order valence-corrected chi connectivity index (χ3v) is 3.50. The molecule has 2 aliphatic carbocycles. The van der Waals surface area contributed by atoms with Crippen LogP contribution in [0.25, 0.3) is 5.53 Å². The topological polar surface area (TPSA) is 53.5 Å². The van der Waals surface area contributed by atoms with Crippen molar-refractivity contribution in [3.8, 4) is 0 Å². The average Bonchev–Trinajstić information content (AvgIpc) is 2.46. The average molecular weight is 178 g/mol. The summed E-state index contributed by atoms with van der Waals surface area (Å²) in [5.41, 5.74) is 9.24. The van der Waals surface area contributed by atoms with E-state index >= 15 is 0 Å². The van der Waals surface area contributed by atoms with Crippen LogP contribution in [-0.4, -0.2) is 16.3 Å². The fourth-order valence-corrected chi connectivity index (χ4v) is 2.74. The van der Waals surface area contributed by atoms with E-state index in [1.54, 1.807) is 0 Å². The summed E-state index contributed by atoms with van der Waals surface area (Å²) in [5, 5.41) is 0. The molecule has 2 fully saturated rings. The SMILES string of the molecule is [N-]=[N+]=C1CCC(=O)C12CCCCC2. The summed E-state index contributed by atoms with van der Waals surface area (Å²) in [4.78, 5) is 15.0. The normalized spacial score (nSPS) is 26.5. The van der Waals surface area contributed by atoms with Crippen LogP contribution in [0.1, 0.15) is 44.9 Å². The molecular weight excluding hydrogens is 164 g/mol. The Balaban J connectivity index is 2.35. The Morgan fingerprint density at radius 1 is 1.15 bits per heavy atom. The van der Waals surface area contributed by atoms with Crippen molar-refractivity contribution in [2.45, 2.75) is 44.9 Å². The van der Waals surface area contributed by atoms with Crippen LogP contribution in [0, 0.1) is 5.41 Å². The maximum Gasteiger partial charge on any atom is 0.282 e. The fraction of sp³-hybridized carbons (Fsp3) is 0.800. The second kappa shape index (κ2) is 3.08. The van der Waals surface area contributed by atoms with E-state index in [1.807, 2.05) is 0 Å². The molecule has 0 radical (unpaired) electrons. The van der Waals surface area contributed by atoms with Gasteiger partial charge in [0.1, 0.15) is 5.41 Å². The number of nitrogens with zero attached hydrogens (tertiary/aromatic N) is 2. The predicted octanol–water partition coefficient (Wildman–Crippen LogP) is 1.97. The lowest BCUT2D eigenvalue weighted by molar-refractivity contribution is -0.126. The van der Waals surface area contributed by atoms with Crippen LogP contribution < -0.4 is 0 Å². The zero-order chi connectivity index (χ0) is 9.31. The van der Waals surface area contributed by atoms with Gasteiger partial charge in [-0.25, -0.2) is 0 Å². The lowest BCUT2D eigenvalue weighted by Gasteiger charge is -2.27. The van der Waals surface area contributed by atoms with Crippen molar-refractivity contribution in [2.24, 2.45) is 5.41 Å². The molecule has 0 amide bonds. The van der Waals surface area contributed by atoms with Crippen molar-refractivity contribution in [2.75, 3.05) is 0 Å². The Hall–Kier alpha value is -0.950. The Bertz CT molecular complexity index is 283. The Kier molecular flexibility index (Phi) is 2.04. The van der Waals surface area contributed by atoms with Crippen molar-refractivity contribution in [3.63, 3.8) is 0 Å². The highest BCUT2D eigenvalue weighted by Gasteiger charge is 2.53. The molecular formula is C10H14N2O. The zero-order valence-corrected chi connectivity index (χ0v) is 7.75. The van der Waals surface area contributed by atoms with E-state index in [4.69, 9.17) is 5.53 Å². The highest BCUT2D eigenvalue weighted by atomic mass is 16.1. The zero-order valence-electron chi connectivity index (χ0n) is 7.75. The minimum absolute atomic E-state index is 0.306. The summed E-state index contributed by atoms with van der Waals surface area (Å²) in [6.45, 7) is 0. The Morgan fingerprint density at radius 3 is 2.46 bits per heavy atom. The minimum Gasteiger partial charge on any atom is -0.362 e. The summed E-state index contributed by atoms with van der Waals surface area (Å²) < 4.78 is 0. The molecule has 0 aliphatic heterocycles. The third-order valence-electron chi connectivity index (χ3n) is 3.50. The van der Waals surface area contributed by atoms with E-state index < -0.39 is 0 Å². The molecule has 0 aromatic rings. The fourth-order valence-electron chi connectivity index (χ4n) is 2.74. The number of carbonyl (C=O) groups excluding carboxylic acids is 1. The first-order valence-corrected chi connectivity index (χ1v) is 5.04. The molecule has 0 aromatic heterocycles. The first kappa shape index (κ1) is 8.64. The van der Waals surface area contributed by atoms with Gasteiger partial charge in [0.25, 0.3) is 5.71 Å². The smallest absolute Gasteiger partial charge is 0.282 e. The van der Waals surface area contributed by atoms with Gasteiger partial charge in [0, 0.05) is 6.42 Å². The second-order valence-corrected chi connectivity index (χ2v) is 4.11. The Labute approximate surface area is 77.8 Å². The first-order valence-electron chi connectivity index (χ1n) is 5.04. The molecule has 2 saturated carbocycles. The molecule has 0 atom stereocenters. The molecule has 3 heteroatoms. The van der Waals surface area contributed by atoms with Crippen LogP contribution in [0.3, 0.4) is 0 Å². The monoisotopic (exact) mass is 178 g/mol. The van der Waals surface area contributed by atoms with E-state index in [0.29, 0.717) is 18.6 Å². The molecule has 2 aliphatic rings. The van der Waals surface area contributed by atoms with E-state index in [2.05, 4.69) is 4.79 Å².